The second-order valence-corrected chi connectivity index (χ2v) is 7.01. The zero-order valence-electron chi connectivity index (χ0n) is 15.2. The maximum atomic E-state index is 5.68. The van der Waals surface area contributed by atoms with Crippen LogP contribution in [-0.4, -0.2) is 7.11 Å². The molecule has 132 valence electrons. The maximum absolute atomic E-state index is 5.68. The molecule has 4 rings (SSSR count). The van der Waals surface area contributed by atoms with E-state index < -0.39 is 0 Å². The molecule has 0 N–H and O–H groups in total. The summed E-state index contributed by atoms with van der Waals surface area (Å²) in [6.45, 7) is 0. The van der Waals surface area contributed by atoms with Crippen molar-refractivity contribution in [2.75, 3.05) is 7.11 Å². The Hall–Kier alpha value is -2.89. The zero-order valence-corrected chi connectivity index (χ0v) is 16.4. The summed E-state index contributed by atoms with van der Waals surface area (Å²) in [6, 6.07) is 33.7. The van der Waals surface area contributed by atoms with Crippen LogP contribution in [0.25, 0.3) is 33.4 Å². The molecule has 0 radical (unpaired) electrons. The second kappa shape index (κ2) is 7.78. The number of para-hydroxylation sites is 1. The topological polar surface area (TPSA) is 9.23 Å². The highest BCUT2D eigenvalue weighted by molar-refractivity contribution is 7.28. The Labute approximate surface area is 162 Å². The van der Waals surface area contributed by atoms with Gasteiger partial charge in [-0.3, -0.25) is 0 Å². The van der Waals surface area contributed by atoms with Crippen molar-refractivity contribution >= 4 is 14.5 Å². The maximum Gasteiger partial charge on any atom is 0.126 e. The van der Waals surface area contributed by atoms with Crippen molar-refractivity contribution in [3.05, 3.63) is 97.1 Å². The smallest absolute Gasteiger partial charge is 0.126 e. The van der Waals surface area contributed by atoms with E-state index in [0.717, 1.165) is 16.6 Å². The highest BCUT2D eigenvalue weighted by Gasteiger charge is 2.18. The lowest BCUT2D eigenvalue weighted by Gasteiger charge is -2.20. The standard InChI is InChI=1S/C25H21OP/c1-26-22-15-9-8-14-21(22)25-23(27)17-16-20(18-10-4-2-5-11-18)24(25)19-12-6-3-7-13-19/h2-17H,27H2,1H3. The molecule has 0 saturated carbocycles. The van der Waals surface area contributed by atoms with Crippen LogP contribution in [0.2, 0.25) is 0 Å². The summed E-state index contributed by atoms with van der Waals surface area (Å²) >= 11 is 0. The number of methoxy groups -OCH3 is 1. The molecule has 4 aromatic carbocycles. The van der Waals surface area contributed by atoms with Gasteiger partial charge in [-0.05, 0) is 33.6 Å². The molecule has 0 saturated heterocycles. The van der Waals surface area contributed by atoms with Gasteiger partial charge in [0, 0.05) is 11.1 Å². The number of ether oxygens (including phenoxy) is 1. The Morgan fingerprint density at radius 2 is 1.15 bits per heavy atom. The van der Waals surface area contributed by atoms with Crippen molar-refractivity contribution in [2.45, 2.75) is 0 Å². The minimum atomic E-state index is 0.878. The summed E-state index contributed by atoms with van der Waals surface area (Å²) < 4.78 is 5.68. The van der Waals surface area contributed by atoms with Gasteiger partial charge in [-0.15, -0.1) is 9.24 Å². The van der Waals surface area contributed by atoms with Gasteiger partial charge in [-0.2, -0.15) is 0 Å². The van der Waals surface area contributed by atoms with Crippen LogP contribution in [0.5, 0.6) is 5.75 Å². The van der Waals surface area contributed by atoms with E-state index >= 15 is 0 Å². The first-order chi connectivity index (χ1) is 13.3. The monoisotopic (exact) mass is 368 g/mol. The molecule has 1 nitrogen and oxygen atoms in total. The van der Waals surface area contributed by atoms with E-state index in [-0.39, 0.29) is 0 Å². The molecule has 0 heterocycles. The summed E-state index contributed by atoms with van der Waals surface area (Å²) in [7, 11) is 4.62. The van der Waals surface area contributed by atoms with Crippen LogP contribution in [0.3, 0.4) is 0 Å². The summed E-state index contributed by atoms with van der Waals surface area (Å²) in [5.41, 5.74) is 7.12. The van der Waals surface area contributed by atoms with Crippen LogP contribution in [0, 0.1) is 0 Å². The Balaban J connectivity index is 2.10. The molecule has 2 heteroatoms. The third-order valence-corrected chi connectivity index (χ3v) is 5.24. The summed E-state index contributed by atoms with van der Waals surface area (Å²) in [5, 5.41) is 1.15. The van der Waals surface area contributed by atoms with Gasteiger partial charge < -0.3 is 4.74 Å². The van der Waals surface area contributed by atoms with E-state index in [2.05, 4.69) is 94.2 Å². The number of hydrogen-bond acceptors (Lipinski definition) is 1. The molecule has 4 aromatic rings. The van der Waals surface area contributed by atoms with Crippen LogP contribution < -0.4 is 10.0 Å². The minimum Gasteiger partial charge on any atom is -0.496 e. The van der Waals surface area contributed by atoms with E-state index in [1.807, 2.05) is 12.1 Å². The molecular weight excluding hydrogens is 347 g/mol. The van der Waals surface area contributed by atoms with Gasteiger partial charge >= 0.3 is 0 Å². The molecule has 0 aliphatic carbocycles. The lowest BCUT2D eigenvalue weighted by molar-refractivity contribution is 0.416. The van der Waals surface area contributed by atoms with Gasteiger partial charge in [-0.25, -0.2) is 0 Å². The largest absolute Gasteiger partial charge is 0.496 e. The van der Waals surface area contributed by atoms with E-state index in [0.29, 0.717) is 0 Å². The molecule has 1 unspecified atom stereocenters. The predicted molar refractivity (Wildman–Crippen MR) is 119 cm³/mol. The Morgan fingerprint density at radius 1 is 0.556 bits per heavy atom. The van der Waals surface area contributed by atoms with Crippen LogP contribution >= 0.6 is 9.24 Å². The normalized spacial score (nSPS) is 10.6. The fourth-order valence-corrected chi connectivity index (χ4v) is 3.92. The van der Waals surface area contributed by atoms with Gasteiger partial charge in [0.2, 0.25) is 0 Å². The molecule has 0 aliphatic heterocycles. The lowest BCUT2D eigenvalue weighted by Crippen LogP contribution is -2.03. The molecule has 0 amide bonds. The zero-order chi connectivity index (χ0) is 18.6. The summed E-state index contributed by atoms with van der Waals surface area (Å²) in [5.74, 6) is 0.878. The first kappa shape index (κ1) is 17.5. The minimum absolute atomic E-state index is 0.878. The number of rotatable bonds is 4. The average Bonchev–Trinajstić information content (AvgIpc) is 2.74. The first-order valence-corrected chi connectivity index (χ1v) is 9.54. The molecule has 0 fully saturated rings. The van der Waals surface area contributed by atoms with Gasteiger partial charge in [0.1, 0.15) is 5.75 Å². The van der Waals surface area contributed by atoms with Crippen LogP contribution in [0.1, 0.15) is 0 Å². The molecule has 0 aliphatic rings. The summed E-state index contributed by atoms with van der Waals surface area (Å²) in [4.78, 5) is 0. The van der Waals surface area contributed by atoms with Crippen LogP contribution in [-0.2, 0) is 0 Å². The Bertz CT molecular complexity index is 1060. The number of benzene rings is 4. The molecule has 27 heavy (non-hydrogen) atoms. The van der Waals surface area contributed by atoms with Crippen molar-refractivity contribution < 1.29 is 4.74 Å². The van der Waals surface area contributed by atoms with E-state index in [4.69, 9.17) is 4.74 Å². The second-order valence-electron chi connectivity index (χ2n) is 6.38. The van der Waals surface area contributed by atoms with E-state index in [1.54, 1.807) is 7.11 Å². The molecule has 0 aromatic heterocycles. The number of hydrogen-bond donors (Lipinski definition) is 0. The Morgan fingerprint density at radius 3 is 1.81 bits per heavy atom. The fraction of sp³-hybridized carbons (Fsp3) is 0.0400. The third kappa shape index (κ3) is 3.39. The lowest BCUT2D eigenvalue weighted by atomic mass is 9.87. The highest BCUT2D eigenvalue weighted by Crippen LogP contribution is 2.42. The summed E-state index contributed by atoms with van der Waals surface area (Å²) in [6.07, 6.45) is 0. The Kier molecular flexibility index (Phi) is 5.05. The van der Waals surface area contributed by atoms with Crippen molar-refractivity contribution in [1.82, 2.24) is 0 Å². The van der Waals surface area contributed by atoms with Crippen molar-refractivity contribution in [3.63, 3.8) is 0 Å². The van der Waals surface area contributed by atoms with Crippen LogP contribution in [0.15, 0.2) is 97.1 Å². The van der Waals surface area contributed by atoms with Crippen molar-refractivity contribution in [2.24, 2.45) is 0 Å². The fourth-order valence-electron chi connectivity index (χ4n) is 3.52. The molecule has 0 bridgehead atoms. The van der Waals surface area contributed by atoms with Crippen molar-refractivity contribution in [1.29, 1.82) is 0 Å². The highest BCUT2D eigenvalue weighted by atomic mass is 31.0. The van der Waals surface area contributed by atoms with Crippen molar-refractivity contribution in [3.8, 4) is 39.1 Å². The quantitative estimate of drug-likeness (QED) is 0.390. The third-order valence-electron chi connectivity index (χ3n) is 4.76. The van der Waals surface area contributed by atoms with E-state index in [1.165, 1.54) is 27.8 Å². The van der Waals surface area contributed by atoms with Gasteiger partial charge in [-0.1, -0.05) is 91.0 Å². The van der Waals surface area contributed by atoms with Gasteiger partial charge in [0.15, 0.2) is 0 Å². The first-order valence-electron chi connectivity index (χ1n) is 8.96. The van der Waals surface area contributed by atoms with E-state index in [9.17, 15) is 0 Å². The predicted octanol–water partition coefficient (Wildman–Crippen LogP) is 6.20. The van der Waals surface area contributed by atoms with Gasteiger partial charge in [0.05, 0.1) is 7.11 Å². The molecule has 1 atom stereocenters. The van der Waals surface area contributed by atoms with Gasteiger partial charge in [0.25, 0.3) is 0 Å². The molecule has 0 spiro atoms. The molecular formula is C25H21OP. The van der Waals surface area contributed by atoms with Crippen LogP contribution in [0.4, 0.5) is 0 Å². The average molecular weight is 368 g/mol. The SMILES string of the molecule is COc1ccccc1-c1c(P)ccc(-c2ccccc2)c1-c1ccccc1.